The van der Waals surface area contributed by atoms with Gasteiger partial charge in [0.25, 0.3) is 0 Å². The lowest BCUT2D eigenvalue weighted by Crippen LogP contribution is -2.26. The number of amides is 1. The number of carbonyl (C=O) groups is 2. The number of benzene rings is 3. The zero-order chi connectivity index (χ0) is 21.4. The second-order valence-corrected chi connectivity index (χ2v) is 7.49. The molecule has 0 atom stereocenters. The van der Waals surface area contributed by atoms with Crippen molar-refractivity contribution in [1.82, 2.24) is 0 Å². The van der Waals surface area contributed by atoms with E-state index in [2.05, 4.69) is 0 Å². The predicted molar refractivity (Wildman–Crippen MR) is 117 cm³/mol. The Kier molecular flexibility index (Phi) is 4.75. The average molecular weight is 413 g/mol. The zero-order valence-corrected chi connectivity index (χ0v) is 16.7. The van der Waals surface area contributed by atoms with Gasteiger partial charge in [-0.2, -0.15) is 0 Å². The first-order valence-electron chi connectivity index (χ1n) is 10.1. The molecule has 0 radical (unpaired) electrons. The summed E-state index contributed by atoms with van der Waals surface area (Å²) in [4.78, 5) is 38.8. The van der Waals surface area contributed by atoms with E-state index in [4.69, 9.17) is 9.15 Å². The van der Waals surface area contributed by atoms with E-state index in [1.54, 1.807) is 35.2 Å². The SMILES string of the molecule is O=C(OCc1cc(=O)oc2ccc3ccccc3c12)c1ccccc1N1CCCC1=O. The smallest absolute Gasteiger partial charge is 0.340 e. The van der Waals surface area contributed by atoms with Crippen LogP contribution in [0.4, 0.5) is 5.69 Å². The number of fused-ring (bicyclic) bond motifs is 3. The van der Waals surface area contributed by atoms with Crippen LogP contribution in [-0.4, -0.2) is 18.4 Å². The number of hydrogen-bond acceptors (Lipinski definition) is 5. The van der Waals surface area contributed by atoms with Gasteiger partial charge in [0.1, 0.15) is 12.2 Å². The Hall–Kier alpha value is -3.93. The topological polar surface area (TPSA) is 76.8 Å². The Balaban J connectivity index is 1.50. The molecule has 0 N–H and O–H groups in total. The highest BCUT2D eigenvalue weighted by molar-refractivity contribution is 6.07. The fraction of sp³-hybridized carbons (Fsp3) is 0.160. The van der Waals surface area contributed by atoms with Crippen LogP contribution in [0.1, 0.15) is 28.8 Å². The fourth-order valence-electron chi connectivity index (χ4n) is 4.14. The monoisotopic (exact) mass is 413 g/mol. The molecule has 1 aliphatic rings. The maximum Gasteiger partial charge on any atom is 0.340 e. The van der Waals surface area contributed by atoms with Crippen molar-refractivity contribution in [3.63, 3.8) is 0 Å². The normalized spacial score (nSPS) is 13.8. The highest BCUT2D eigenvalue weighted by atomic mass is 16.5. The quantitative estimate of drug-likeness (QED) is 0.281. The van der Waals surface area contributed by atoms with Crippen LogP contribution in [-0.2, 0) is 16.1 Å². The van der Waals surface area contributed by atoms with E-state index in [0.717, 1.165) is 22.6 Å². The number of nitrogens with zero attached hydrogens (tertiary/aromatic N) is 1. The molecule has 0 saturated carbocycles. The van der Waals surface area contributed by atoms with Gasteiger partial charge in [0.15, 0.2) is 0 Å². The fourth-order valence-corrected chi connectivity index (χ4v) is 4.14. The molecule has 1 aliphatic heterocycles. The van der Waals surface area contributed by atoms with Gasteiger partial charge in [0.05, 0.1) is 11.3 Å². The van der Waals surface area contributed by atoms with Gasteiger partial charge in [-0.3, -0.25) is 4.79 Å². The molecule has 1 fully saturated rings. The Morgan fingerprint density at radius 1 is 1.00 bits per heavy atom. The lowest BCUT2D eigenvalue weighted by molar-refractivity contribution is -0.117. The summed E-state index contributed by atoms with van der Waals surface area (Å²) < 4.78 is 11.0. The van der Waals surface area contributed by atoms with Crippen molar-refractivity contribution in [3.8, 4) is 0 Å². The van der Waals surface area contributed by atoms with Crippen molar-refractivity contribution in [2.75, 3.05) is 11.4 Å². The maximum absolute atomic E-state index is 12.9. The summed E-state index contributed by atoms with van der Waals surface area (Å²) in [6, 6.07) is 19.7. The lowest BCUT2D eigenvalue weighted by atomic mass is 10.0. The molecular weight excluding hydrogens is 394 g/mol. The van der Waals surface area contributed by atoms with Gasteiger partial charge in [0.2, 0.25) is 5.91 Å². The van der Waals surface area contributed by atoms with Crippen molar-refractivity contribution >= 4 is 39.3 Å². The molecule has 2 heterocycles. The van der Waals surface area contributed by atoms with Gasteiger partial charge >= 0.3 is 11.6 Å². The molecular formula is C25H19NO5. The molecule has 0 unspecified atom stereocenters. The van der Waals surface area contributed by atoms with E-state index in [1.807, 2.05) is 30.3 Å². The highest BCUT2D eigenvalue weighted by Crippen LogP contribution is 2.29. The number of rotatable bonds is 4. The van der Waals surface area contributed by atoms with E-state index in [0.29, 0.717) is 35.4 Å². The predicted octanol–water partition coefficient (Wildman–Crippen LogP) is 4.43. The second-order valence-electron chi connectivity index (χ2n) is 7.49. The van der Waals surface area contributed by atoms with Crippen molar-refractivity contribution in [3.05, 3.63) is 88.3 Å². The van der Waals surface area contributed by atoms with Crippen LogP contribution < -0.4 is 10.5 Å². The standard InChI is InChI=1S/C25H19NO5/c27-22-10-5-13-26(22)20-9-4-3-8-19(20)25(29)30-15-17-14-23(28)31-21-12-11-16-6-1-2-7-18(16)24(17)21/h1-4,6-9,11-12,14H,5,10,13,15H2. The van der Waals surface area contributed by atoms with Crippen LogP contribution in [0.15, 0.2) is 75.9 Å². The maximum atomic E-state index is 12.9. The van der Waals surface area contributed by atoms with E-state index in [9.17, 15) is 14.4 Å². The van der Waals surface area contributed by atoms with Gasteiger partial charge < -0.3 is 14.1 Å². The third-order valence-corrected chi connectivity index (χ3v) is 5.56. The lowest BCUT2D eigenvalue weighted by Gasteiger charge is -2.19. The molecule has 0 spiro atoms. The van der Waals surface area contributed by atoms with Gasteiger partial charge in [0, 0.05) is 30.0 Å². The molecule has 6 nitrogen and oxygen atoms in total. The minimum atomic E-state index is -0.545. The molecule has 154 valence electrons. The Labute approximate surface area is 177 Å². The summed E-state index contributed by atoms with van der Waals surface area (Å²) in [5.41, 5.74) is 1.40. The Morgan fingerprint density at radius 3 is 2.65 bits per heavy atom. The molecule has 1 saturated heterocycles. The van der Waals surface area contributed by atoms with Crippen LogP contribution in [0.2, 0.25) is 0 Å². The summed E-state index contributed by atoms with van der Waals surface area (Å²) >= 11 is 0. The number of hydrogen-bond donors (Lipinski definition) is 0. The number of carbonyl (C=O) groups excluding carboxylic acids is 2. The molecule has 1 amide bonds. The first-order chi connectivity index (χ1) is 15.1. The third kappa shape index (κ3) is 3.46. The molecule has 4 aromatic rings. The van der Waals surface area contributed by atoms with Crippen LogP contribution in [0, 0.1) is 0 Å². The van der Waals surface area contributed by atoms with Gasteiger partial charge in [-0.25, -0.2) is 9.59 Å². The summed E-state index contributed by atoms with van der Waals surface area (Å²) in [6.07, 6.45) is 1.24. The minimum Gasteiger partial charge on any atom is -0.457 e. The number of anilines is 1. The van der Waals surface area contributed by atoms with E-state index in [1.165, 1.54) is 6.07 Å². The molecule has 1 aromatic heterocycles. The van der Waals surface area contributed by atoms with Crippen molar-refractivity contribution in [2.24, 2.45) is 0 Å². The first-order valence-corrected chi connectivity index (χ1v) is 10.1. The minimum absolute atomic E-state index is 0.00150. The molecule has 3 aromatic carbocycles. The summed E-state index contributed by atoms with van der Waals surface area (Å²) in [5, 5.41) is 2.65. The third-order valence-electron chi connectivity index (χ3n) is 5.56. The second kappa shape index (κ2) is 7.72. The van der Waals surface area contributed by atoms with Crippen LogP contribution in [0.3, 0.4) is 0 Å². The summed E-state index contributed by atoms with van der Waals surface area (Å²) in [7, 11) is 0. The molecule has 5 rings (SSSR count). The summed E-state index contributed by atoms with van der Waals surface area (Å²) in [6.45, 7) is 0.497. The molecule has 0 bridgehead atoms. The Morgan fingerprint density at radius 2 is 1.81 bits per heavy atom. The zero-order valence-electron chi connectivity index (χ0n) is 16.7. The van der Waals surface area contributed by atoms with E-state index in [-0.39, 0.29) is 12.5 Å². The molecule has 6 heteroatoms. The number of para-hydroxylation sites is 1. The van der Waals surface area contributed by atoms with Gasteiger partial charge in [-0.05, 0) is 35.4 Å². The van der Waals surface area contributed by atoms with Gasteiger partial charge in [-0.15, -0.1) is 0 Å². The van der Waals surface area contributed by atoms with Crippen LogP contribution in [0.25, 0.3) is 21.7 Å². The largest absolute Gasteiger partial charge is 0.457 e. The summed E-state index contributed by atoms with van der Waals surface area (Å²) in [5.74, 6) is -0.546. The average Bonchev–Trinajstić information content (AvgIpc) is 3.22. The number of ether oxygens (including phenoxy) is 1. The van der Waals surface area contributed by atoms with E-state index >= 15 is 0 Å². The molecule has 31 heavy (non-hydrogen) atoms. The Bertz CT molecular complexity index is 1390. The molecule has 0 aliphatic carbocycles. The highest BCUT2D eigenvalue weighted by Gasteiger charge is 2.26. The van der Waals surface area contributed by atoms with Crippen LogP contribution >= 0.6 is 0 Å². The van der Waals surface area contributed by atoms with Crippen molar-refractivity contribution in [2.45, 2.75) is 19.4 Å². The van der Waals surface area contributed by atoms with Crippen molar-refractivity contribution < 1.29 is 18.7 Å². The van der Waals surface area contributed by atoms with Crippen molar-refractivity contribution in [1.29, 1.82) is 0 Å². The first kappa shape index (κ1) is 19.1. The van der Waals surface area contributed by atoms with E-state index < -0.39 is 11.6 Å². The van der Waals surface area contributed by atoms with Crippen LogP contribution in [0.5, 0.6) is 0 Å². The van der Waals surface area contributed by atoms with Gasteiger partial charge in [-0.1, -0.05) is 42.5 Å². The number of esters is 1.